The molecule has 2 fully saturated rings. The number of nitrogens with zero attached hydrogens (tertiary/aromatic N) is 4. The minimum atomic E-state index is -3.05. The van der Waals surface area contributed by atoms with E-state index in [1.54, 1.807) is 12.1 Å². The lowest BCUT2D eigenvalue weighted by atomic mass is 9.92. The lowest BCUT2D eigenvalue weighted by Gasteiger charge is -2.33. The zero-order valence-electron chi connectivity index (χ0n) is 24.2. The summed E-state index contributed by atoms with van der Waals surface area (Å²) in [4.78, 5) is 37.5. The fraction of sp³-hybridized carbons (Fsp3) is 0.367. The summed E-state index contributed by atoms with van der Waals surface area (Å²) in [5.74, 6) is -3.77. The number of nitrogens with one attached hydrogen (secondary N) is 1. The van der Waals surface area contributed by atoms with E-state index in [-0.39, 0.29) is 35.2 Å². The first-order chi connectivity index (χ1) is 21.1. The van der Waals surface area contributed by atoms with Gasteiger partial charge in [-0.25, -0.2) is 13.8 Å². The topological polar surface area (TPSA) is 96.5 Å². The molecule has 2 aliphatic heterocycles. The summed E-state index contributed by atoms with van der Waals surface area (Å²) < 4.78 is 70.7. The van der Waals surface area contributed by atoms with Gasteiger partial charge < -0.3 is 29.3 Å². The van der Waals surface area contributed by atoms with Crippen LogP contribution >= 0.6 is 0 Å². The van der Waals surface area contributed by atoms with Crippen molar-refractivity contribution < 1.29 is 41.4 Å². The van der Waals surface area contributed by atoms with Crippen molar-refractivity contribution in [2.24, 2.45) is 0 Å². The van der Waals surface area contributed by atoms with Gasteiger partial charge in [-0.3, -0.25) is 14.5 Å². The third-order valence-corrected chi connectivity index (χ3v) is 7.73. The molecule has 14 heteroatoms. The molecular weight excluding hydrogens is 586 g/mol. The van der Waals surface area contributed by atoms with Crippen molar-refractivity contribution in [2.45, 2.75) is 18.6 Å². The van der Waals surface area contributed by atoms with E-state index in [1.807, 2.05) is 7.05 Å². The zero-order valence-corrected chi connectivity index (χ0v) is 24.2. The molecule has 0 saturated carbocycles. The zero-order chi connectivity index (χ0) is 31.5. The van der Waals surface area contributed by atoms with Crippen LogP contribution in [0.1, 0.15) is 21.8 Å². The smallest absolute Gasteiger partial charge is 0.387 e. The number of amides is 2. The molecule has 0 spiro atoms. The van der Waals surface area contributed by atoms with E-state index in [0.717, 1.165) is 25.2 Å². The molecule has 0 aliphatic carbocycles. The Morgan fingerprint density at radius 1 is 0.955 bits per heavy atom. The molecule has 5 rings (SSSR count). The average Bonchev–Trinajstić information content (AvgIpc) is 3.31. The highest BCUT2D eigenvalue weighted by atomic mass is 19.3. The Kier molecular flexibility index (Phi) is 9.09. The summed E-state index contributed by atoms with van der Waals surface area (Å²) in [6, 6.07) is 8.83. The Balaban J connectivity index is 1.51. The molecule has 3 heterocycles. The van der Waals surface area contributed by atoms with Gasteiger partial charge in [0.25, 0.3) is 11.8 Å². The fourth-order valence-electron chi connectivity index (χ4n) is 5.38. The number of alkyl halides is 2. The number of halogens is 4. The van der Waals surface area contributed by atoms with Gasteiger partial charge in [0, 0.05) is 61.9 Å². The van der Waals surface area contributed by atoms with Gasteiger partial charge in [-0.05, 0) is 43.4 Å². The Morgan fingerprint density at radius 2 is 1.61 bits per heavy atom. The number of ether oxygens (including phenoxy) is 3. The summed E-state index contributed by atoms with van der Waals surface area (Å²) in [7, 11) is 4.70. The summed E-state index contributed by atoms with van der Waals surface area (Å²) in [5.41, 5.74) is -0.401. The van der Waals surface area contributed by atoms with E-state index in [4.69, 9.17) is 14.5 Å². The molecule has 234 valence electrons. The molecular formula is C30H31F4N5O5. The van der Waals surface area contributed by atoms with Crippen LogP contribution in [0.4, 0.5) is 29.2 Å². The van der Waals surface area contributed by atoms with Crippen LogP contribution in [0.25, 0.3) is 0 Å². The van der Waals surface area contributed by atoms with Crippen LogP contribution < -0.4 is 29.3 Å². The van der Waals surface area contributed by atoms with Gasteiger partial charge in [-0.15, -0.1) is 0 Å². The molecule has 1 aromatic heterocycles. The number of pyridine rings is 1. The highest BCUT2D eigenvalue weighted by Crippen LogP contribution is 2.39. The van der Waals surface area contributed by atoms with E-state index in [0.29, 0.717) is 18.9 Å². The van der Waals surface area contributed by atoms with Gasteiger partial charge in [0.05, 0.1) is 14.2 Å². The van der Waals surface area contributed by atoms with Crippen LogP contribution in [-0.2, 0) is 4.79 Å². The molecule has 0 bridgehead atoms. The number of benzene rings is 2. The Bertz CT molecular complexity index is 1500. The molecule has 2 saturated heterocycles. The Morgan fingerprint density at radius 3 is 2.20 bits per heavy atom. The second-order valence-electron chi connectivity index (χ2n) is 10.4. The van der Waals surface area contributed by atoms with Gasteiger partial charge in [0.15, 0.2) is 11.6 Å². The van der Waals surface area contributed by atoms with Crippen molar-refractivity contribution in [1.82, 2.24) is 15.2 Å². The van der Waals surface area contributed by atoms with E-state index in [1.165, 1.54) is 43.4 Å². The summed E-state index contributed by atoms with van der Waals surface area (Å²) in [6.07, 6.45) is 0. The minimum Gasteiger partial charge on any atom is -0.497 e. The number of hydrogen-bond acceptors (Lipinski definition) is 8. The van der Waals surface area contributed by atoms with Gasteiger partial charge in [-0.2, -0.15) is 8.78 Å². The number of likely N-dealkylation sites (N-methyl/N-ethyl adjacent to an activating group) is 1. The normalized spacial score (nSPS) is 19.0. The predicted molar refractivity (Wildman–Crippen MR) is 153 cm³/mol. The molecule has 1 N–H and O–H groups in total. The quantitative estimate of drug-likeness (QED) is 0.364. The summed E-state index contributed by atoms with van der Waals surface area (Å²) in [6.45, 7) is -0.254. The highest BCUT2D eigenvalue weighted by Gasteiger charge is 2.46. The second-order valence-corrected chi connectivity index (χ2v) is 10.4. The first-order valence-corrected chi connectivity index (χ1v) is 13.8. The Labute approximate surface area is 251 Å². The van der Waals surface area contributed by atoms with Crippen LogP contribution in [0.15, 0.2) is 48.5 Å². The fourth-order valence-corrected chi connectivity index (χ4v) is 5.38. The monoisotopic (exact) mass is 617 g/mol. The molecule has 2 amide bonds. The first-order valence-electron chi connectivity index (χ1n) is 13.8. The SMILES string of the molecule is COc1cc(F)c([C@@H]2CN(c3nc(N4CCN(C)CC4)ccc3OC)C(=O)C2NC(=O)c2ccc(OC(F)F)cc2)c(F)c1. The van der Waals surface area contributed by atoms with Crippen LogP contribution in [0, 0.1) is 11.6 Å². The van der Waals surface area contributed by atoms with E-state index in [9.17, 15) is 18.4 Å². The van der Waals surface area contributed by atoms with Crippen LogP contribution in [0.2, 0.25) is 0 Å². The molecule has 10 nitrogen and oxygen atoms in total. The largest absolute Gasteiger partial charge is 0.497 e. The number of anilines is 2. The van der Waals surface area contributed by atoms with E-state index < -0.39 is 47.6 Å². The first kappa shape index (κ1) is 30.9. The minimum absolute atomic E-state index is 0.0139. The molecule has 2 atom stereocenters. The van der Waals surface area contributed by atoms with E-state index in [2.05, 4.69) is 19.9 Å². The van der Waals surface area contributed by atoms with Crippen molar-refractivity contribution in [3.8, 4) is 17.2 Å². The third kappa shape index (κ3) is 6.34. The molecule has 0 radical (unpaired) electrons. The van der Waals surface area contributed by atoms with Crippen LogP contribution in [0.3, 0.4) is 0 Å². The number of carbonyl (C=O) groups is 2. The van der Waals surface area contributed by atoms with Crippen molar-refractivity contribution in [3.63, 3.8) is 0 Å². The van der Waals surface area contributed by atoms with Crippen molar-refractivity contribution in [2.75, 3.05) is 63.8 Å². The van der Waals surface area contributed by atoms with Crippen molar-refractivity contribution >= 4 is 23.5 Å². The molecule has 44 heavy (non-hydrogen) atoms. The van der Waals surface area contributed by atoms with Gasteiger partial charge in [0.2, 0.25) is 0 Å². The molecule has 3 aromatic rings. The summed E-state index contributed by atoms with van der Waals surface area (Å²) >= 11 is 0. The standard InChI is InChI=1S/C30H31F4N5O5/c1-37-10-12-38(13-11-37)24-9-8-23(43-3)27(35-24)39-16-20(25-21(31)14-19(42-2)15-22(25)32)26(29(39)41)36-28(40)17-4-6-18(7-5-17)44-30(33)34/h4-9,14-15,20,26,30H,10-13,16H2,1-3H3,(H,36,40)/t20-,26?/m0/s1. The Hall–Kier alpha value is -4.59. The molecule has 1 unspecified atom stereocenters. The second kappa shape index (κ2) is 13.0. The lowest BCUT2D eigenvalue weighted by molar-refractivity contribution is -0.118. The maximum Gasteiger partial charge on any atom is 0.387 e. The number of aromatic nitrogens is 1. The van der Waals surface area contributed by atoms with Gasteiger partial charge in [0.1, 0.15) is 35.0 Å². The number of hydrogen-bond donors (Lipinski definition) is 1. The molecule has 2 aromatic carbocycles. The number of rotatable bonds is 9. The predicted octanol–water partition coefficient (Wildman–Crippen LogP) is 3.66. The maximum absolute atomic E-state index is 15.4. The van der Waals surface area contributed by atoms with Crippen LogP contribution in [-0.4, -0.2) is 88.3 Å². The number of methoxy groups -OCH3 is 2. The van der Waals surface area contributed by atoms with E-state index >= 15 is 8.78 Å². The van der Waals surface area contributed by atoms with Crippen LogP contribution in [0.5, 0.6) is 17.2 Å². The van der Waals surface area contributed by atoms with Gasteiger partial charge in [-0.1, -0.05) is 0 Å². The average molecular weight is 618 g/mol. The maximum atomic E-state index is 15.4. The molecule has 2 aliphatic rings. The van der Waals surface area contributed by atoms with Crippen molar-refractivity contribution in [3.05, 3.63) is 71.3 Å². The van der Waals surface area contributed by atoms with Gasteiger partial charge >= 0.3 is 6.61 Å². The highest BCUT2D eigenvalue weighted by molar-refractivity contribution is 6.05. The van der Waals surface area contributed by atoms with Crippen molar-refractivity contribution in [1.29, 1.82) is 0 Å². The number of carbonyl (C=O) groups excluding carboxylic acids is 2. The third-order valence-electron chi connectivity index (χ3n) is 7.73. The number of piperazine rings is 1. The summed E-state index contributed by atoms with van der Waals surface area (Å²) in [5, 5.41) is 2.59. The lowest BCUT2D eigenvalue weighted by Crippen LogP contribution is -2.45.